The van der Waals surface area contributed by atoms with Crippen LogP contribution in [-0.2, 0) is 11.3 Å². The number of aromatic amines is 1. The summed E-state index contributed by atoms with van der Waals surface area (Å²) in [6.07, 6.45) is 1.22. The smallest absolute Gasteiger partial charge is 0.247 e. The van der Waals surface area contributed by atoms with E-state index in [0.717, 1.165) is 5.69 Å². The first kappa shape index (κ1) is 13.0. The Balaban J connectivity index is 1.86. The van der Waals surface area contributed by atoms with Gasteiger partial charge in [0, 0.05) is 17.1 Å². The molecular formula is C14H13N5O2. The largest absolute Gasteiger partial charge is 0.308 e. The average molecular weight is 283 g/mol. The third-order valence-corrected chi connectivity index (χ3v) is 3.03. The van der Waals surface area contributed by atoms with Gasteiger partial charge < -0.3 is 5.32 Å². The third kappa shape index (κ3) is 2.66. The number of para-hydroxylation sites is 1. The quantitative estimate of drug-likeness (QED) is 0.752. The lowest BCUT2D eigenvalue weighted by atomic mass is 10.2. The van der Waals surface area contributed by atoms with E-state index < -0.39 is 0 Å². The van der Waals surface area contributed by atoms with Gasteiger partial charge in [0.15, 0.2) is 5.82 Å². The first-order chi connectivity index (χ1) is 10.1. The Bertz CT molecular complexity index is 865. The van der Waals surface area contributed by atoms with Crippen molar-refractivity contribution in [1.82, 2.24) is 20.0 Å². The first-order valence-corrected chi connectivity index (χ1v) is 6.40. The number of aryl methyl sites for hydroxylation is 1. The lowest BCUT2D eigenvalue weighted by Gasteiger charge is -2.08. The van der Waals surface area contributed by atoms with Crippen LogP contribution < -0.4 is 10.7 Å². The molecule has 1 aromatic carbocycles. The van der Waals surface area contributed by atoms with E-state index in [1.807, 2.05) is 6.92 Å². The van der Waals surface area contributed by atoms with Gasteiger partial charge in [-0.1, -0.05) is 12.1 Å². The Morgan fingerprint density at radius 3 is 2.95 bits per heavy atom. The van der Waals surface area contributed by atoms with E-state index in [4.69, 9.17) is 0 Å². The molecule has 0 unspecified atom stereocenters. The number of fused-ring (bicyclic) bond motifs is 1. The molecule has 0 aliphatic heterocycles. The molecule has 0 aliphatic carbocycles. The second-order valence-corrected chi connectivity index (χ2v) is 4.67. The number of rotatable bonds is 3. The zero-order valence-electron chi connectivity index (χ0n) is 11.3. The molecule has 0 fully saturated rings. The van der Waals surface area contributed by atoms with E-state index >= 15 is 0 Å². The van der Waals surface area contributed by atoms with Gasteiger partial charge in [0.1, 0.15) is 6.54 Å². The minimum Gasteiger partial charge on any atom is -0.308 e. The van der Waals surface area contributed by atoms with Crippen LogP contribution in [0, 0.1) is 6.92 Å². The summed E-state index contributed by atoms with van der Waals surface area (Å²) in [7, 11) is 0. The molecule has 7 nitrogen and oxygen atoms in total. The van der Waals surface area contributed by atoms with Crippen LogP contribution in [0.15, 0.2) is 41.3 Å². The summed E-state index contributed by atoms with van der Waals surface area (Å²) in [6.45, 7) is 1.85. The van der Waals surface area contributed by atoms with Crippen molar-refractivity contribution in [2.45, 2.75) is 13.5 Å². The minimum atomic E-state index is -0.261. The number of nitrogens with one attached hydrogen (secondary N) is 2. The Kier molecular flexibility index (Phi) is 3.23. The Morgan fingerprint density at radius 2 is 2.19 bits per heavy atom. The number of anilines is 1. The predicted molar refractivity (Wildman–Crippen MR) is 78.0 cm³/mol. The molecule has 0 spiro atoms. The molecular weight excluding hydrogens is 270 g/mol. The highest BCUT2D eigenvalue weighted by atomic mass is 16.2. The van der Waals surface area contributed by atoms with Crippen molar-refractivity contribution in [3.8, 4) is 0 Å². The van der Waals surface area contributed by atoms with Crippen molar-refractivity contribution in [2.24, 2.45) is 0 Å². The van der Waals surface area contributed by atoms with Gasteiger partial charge in [-0.2, -0.15) is 10.2 Å². The van der Waals surface area contributed by atoms with Gasteiger partial charge in [-0.05, 0) is 19.1 Å². The van der Waals surface area contributed by atoms with E-state index in [2.05, 4.69) is 20.6 Å². The number of hydrogen-bond donors (Lipinski definition) is 2. The predicted octanol–water partition coefficient (Wildman–Crippen LogP) is 1.07. The highest BCUT2D eigenvalue weighted by Gasteiger charge is 2.09. The topological polar surface area (TPSA) is 92.7 Å². The van der Waals surface area contributed by atoms with Gasteiger partial charge in [0.05, 0.1) is 11.7 Å². The lowest BCUT2D eigenvalue weighted by Crippen LogP contribution is -2.22. The number of aromatic nitrogens is 4. The number of nitrogens with zero attached hydrogens (tertiary/aromatic N) is 3. The average Bonchev–Trinajstić information content (AvgIpc) is 2.87. The standard InChI is InChI=1S/C14H13N5O2/c1-9-6-13(18-17-9)16-14(21)8-19-11-5-3-2-4-10(11)12(20)7-15-19/h2-7H,8H2,1H3,(H2,16,17,18,21). The van der Waals surface area contributed by atoms with Crippen LogP contribution in [-0.4, -0.2) is 25.9 Å². The van der Waals surface area contributed by atoms with Crippen LogP contribution in [0.25, 0.3) is 10.9 Å². The van der Waals surface area contributed by atoms with E-state index in [1.54, 1.807) is 30.3 Å². The number of amides is 1. The number of H-pyrrole nitrogens is 1. The maximum absolute atomic E-state index is 12.0. The Hall–Kier alpha value is -2.96. The third-order valence-electron chi connectivity index (χ3n) is 3.03. The van der Waals surface area contributed by atoms with Crippen molar-refractivity contribution in [3.63, 3.8) is 0 Å². The van der Waals surface area contributed by atoms with E-state index in [1.165, 1.54) is 10.9 Å². The van der Waals surface area contributed by atoms with Gasteiger partial charge in [-0.3, -0.25) is 19.4 Å². The minimum absolute atomic E-state index is 0.00665. The number of carbonyl (C=O) groups excluding carboxylic acids is 1. The fourth-order valence-corrected chi connectivity index (χ4v) is 2.09. The Labute approximate surface area is 119 Å². The maximum atomic E-state index is 12.0. The fraction of sp³-hybridized carbons (Fsp3) is 0.143. The van der Waals surface area contributed by atoms with Crippen LogP contribution in [0.3, 0.4) is 0 Å². The van der Waals surface area contributed by atoms with E-state index in [9.17, 15) is 9.59 Å². The van der Waals surface area contributed by atoms with Crippen LogP contribution in [0.1, 0.15) is 5.69 Å². The molecule has 1 amide bonds. The van der Waals surface area contributed by atoms with E-state index in [0.29, 0.717) is 16.7 Å². The molecule has 21 heavy (non-hydrogen) atoms. The maximum Gasteiger partial charge on any atom is 0.247 e. The molecule has 106 valence electrons. The summed E-state index contributed by atoms with van der Waals surface area (Å²) in [5, 5.41) is 13.9. The zero-order chi connectivity index (χ0) is 14.8. The second-order valence-electron chi connectivity index (χ2n) is 4.67. The monoisotopic (exact) mass is 283 g/mol. The zero-order valence-corrected chi connectivity index (χ0v) is 11.3. The van der Waals surface area contributed by atoms with Crippen LogP contribution >= 0.6 is 0 Å². The van der Waals surface area contributed by atoms with Crippen molar-refractivity contribution in [1.29, 1.82) is 0 Å². The molecule has 0 atom stereocenters. The summed E-state index contributed by atoms with van der Waals surface area (Å²) in [5.41, 5.74) is 1.32. The summed E-state index contributed by atoms with van der Waals surface area (Å²) in [4.78, 5) is 23.7. The van der Waals surface area contributed by atoms with Gasteiger partial charge in [-0.25, -0.2) is 0 Å². The molecule has 0 saturated carbocycles. The van der Waals surface area contributed by atoms with Crippen LogP contribution in [0.5, 0.6) is 0 Å². The molecule has 7 heteroatoms. The van der Waals surface area contributed by atoms with Crippen LogP contribution in [0.2, 0.25) is 0 Å². The number of benzene rings is 1. The molecule has 0 radical (unpaired) electrons. The summed E-state index contributed by atoms with van der Waals surface area (Å²) < 4.78 is 1.49. The molecule has 3 aromatic rings. The summed E-state index contributed by atoms with van der Waals surface area (Å²) in [5.74, 6) is 0.200. The highest BCUT2D eigenvalue weighted by Crippen LogP contribution is 2.08. The van der Waals surface area contributed by atoms with Gasteiger partial charge in [0.2, 0.25) is 11.3 Å². The fourth-order valence-electron chi connectivity index (χ4n) is 2.09. The van der Waals surface area contributed by atoms with E-state index in [-0.39, 0.29) is 17.9 Å². The van der Waals surface area contributed by atoms with Crippen molar-refractivity contribution in [2.75, 3.05) is 5.32 Å². The first-order valence-electron chi connectivity index (χ1n) is 6.40. The van der Waals surface area contributed by atoms with Crippen molar-refractivity contribution in [3.05, 3.63) is 52.4 Å². The number of hydrogen-bond acceptors (Lipinski definition) is 4. The van der Waals surface area contributed by atoms with Gasteiger partial charge in [-0.15, -0.1) is 0 Å². The van der Waals surface area contributed by atoms with Crippen molar-refractivity contribution >= 4 is 22.6 Å². The van der Waals surface area contributed by atoms with Crippen molar-refractivity contribution < 1.29 is 4.79 Å². The summed E-state index contributed by atoms with van der Waals surface area (Å²) >= 11 is 0. The Morgan fingerprint density at radius 1 is 1.38 bits per heavy atom. The molecule has 0 saturated heterocycles. The lowest BCUT2D eigenvalue weighted by molar-refractivity contribution is -0.116. The summed E-state index contributed by atoms with van der Waals surface area (Å²) in [6, 6.07) is 8.78. The number of carbonyl (C=O) groups is 1. The normalized spacial score (nSPS) is 10.7. The molecule has 2 heterocycles. The molecule has 2 N–H and O–H groups in total. The van der Waals surface area contributed by atoms with Crippen LogP contribution in [0.4, 0.5) is 5.82 Å². The molecule has 0 bridgehead atoms. The molecule has 3 rings (SSSR count). The second kappa shape index (κ2) is 5.20. The SMILES string of the molecule is Cc1cc(NC(=O)Cn2ncc(=O)c3ccccc32)n[nH]1. The molecule has 0 aliphatic rings. The van der Waals surface area contributed by atoms with Gasteiger partial charge in [0.25, 0.3) is 0 Å². The van der Waals surface area contributed by atoms with Gasteiger partial charge >= 0.3 is 0 Å². The highest BCUT2D eigenvalue weighted by molar-refractivity contribution is 5.90. The molecule has 2 aromatic heterocycles.